The molecule has 5 nitrogen and oxygen atoms in total. The van der Waals surface area contributed by atoms with Crippen molar-refractivity contribution in [2.75, 3.05) is 18.6 Å². The first kappa shape index (κ1) is 27.8. The molecule has 2 saturated heterocycles. The molecule has 6 rings (SSSR count). The minimum Gasteiger partial charge on any atom is -0.461 e. The molecule has 4 saturated carbocycles. The number of thioether (sulfide) groups is 1. The molecule has 38 heavy (non-hydrogen) atoms. The fourth-order valence-corrected chi connectivity index (χ4v) is 11.4. The lowest BCUT2D eigenvalue weighted by Gasteiger charge is -2.61. The summed E-state index contributed by atoms with van der Waals surface area (Å²) in [6.07, 6.45) is 15.3. The Morgan fingerprint density at radius 1 is 1.03 bits per heavy atom. The zero-order chi connectivity index (χ0) is 26.9. The maximum Gasteiger partial charge on any atom is 0.323 e. The lowest BCUT2D eigenvalue weighted by atomic mass is 9.44. The van der Waals surface area contributed by atoms with Crippen LogP contribution in [0, 0.1) is 52.3 Å². The quantitative estimate of drug-likeness (QED) is 0.400. The Morgan fingerprint density at radius 2 is 1.82 bits per heavy atom. The van der Waals surface area contributed by atoms with Gasteiger partial charge in [-0.05, 0) is 123 Å². The predicted molar refractivity (Wildman–Crippen MR) is 153 cm³/mol. The van der Waals surface area contributed by atoms with E-state index in [-0.39, 0.29) is 17.9 Å². The number of ether oxygens (including phenoxy) is 3. The number of hydrogen-bond acceptors (Lipinski definition) is 6. The molecular weight excluding hydrogens is 494 g/mol. The summed E-state index contributed by atoms with van der Waals surface area (Å²) < 4.78 is 19.5. The summed E-state index contributed by atoms with van der Waals surface area (Å²) in [6, 6.07) is -0.476. The zero-order valence-electron chi connectivity index (χ0n) is 24.6. The standard InChI is InChI=1S/C32H53NO4S/c1-19-8-14-32(35-18-19)20(2)28-27(37-32)17-25-23-7-6-21-16-22(36-29(34)26(33)11-15-38-5)9-12-30(21,3)24(23)10-13-31(25,28)4/h19-28H,6-18,33H2,1-5H3/t19-,20+,21-,22-,23?,24?,25?,26+,27+,28+,30+,31+,32-/m1/s1. The lowest BCUT2D eigenvalue weighted by Crippen LogP contribution is -2.55. The topological polar surface area (TPSA) is 70.8 Å². The summed E-state index contributed by atoms with van der Waals surface area (Å²) in [7, 11) is 0. The highest BCUT2D eigenvalue weighted by Crippen LogP contribution is 2.71. The highest BCUT2D eigenvalue weighted by Gasteiger charge is 2.69. The van der Waals surface area contributed by atoms with Gasteiger partial charge in [-0.15, -0.1) is 0 Å². The molecular formula is C32H53NO4S. The van der Waals surface area contributed by atoms with Crippen molar-refractivity contribution in [1.82, 2.24) is 0 Å². The molecule has 0 bridgehead atoms. The molecule has 0 amide bonds. The minimum absolute atomic E-state index is 0.0563. The average molecular weight is 548 g/mol. The van der Waals surface area contributed by atoms with Gasteiger partial charge in [-0.2, -0.15) is 11.8 Å². The number of hydrogen-bond donors (Lipinski definition) is 1. The summed E-state index contributed by atoms with van der Waals surface area (Å²) in [5, 5.41) is 0. The normalized spacial score (nSPS) is 52.5. The maximum absolute atomic E-state index is 12.6. The molecule has 6 heteroatoms. The predicted octanol–water partition coefficient (Wildman–Crippen LogP) is 6.43. The molecule has 6 fully saturated rings. The van der Waals surface area contributed by atoms with E-state index in [9.17, 15) is 4.79 Å². The Bertz CT molecular complexity index is 891. The van der Waals surface area contributed by atoms with Gasteiger partial charge < -0.3 is 19.9 Å². The van der Waals surface area contributed by atoms with Crippen LogP contribution in [0.15, 0.2) is 0 Å². The lowest BCUT2D eigenvalue weighted by molar-refractivity contribution is -0.273. The third-order valence-corrected chi connectivity index (χ3v) is 13.7. The maximum atomic E-state index is 12.6. The van der Waals surface area contributed by atoms with Crippen molar-refractivity contribution in [1.29, 1.82) is 0 Å². The van der Waals surface area contributed by atoms with Gasteiger partial charge in [-0.1, -0.05) is 27.7 Å². The summed E-state index contributed by atoms with van der Waals surface area (Å²) in [4.78, 5) is 12.6. The molecule has 2 N–H and O–H groups in total. The van der Waals surface area contributed by atoms with Gasteiger partial charge in [-0.25, -0.2) is 0 Å². The number of nitrogens with two attached hydrogens (primary N) is 1. The van der Waals surface area contributed by atoms with E-state index in [0.29, 0.717) is 47.0 Å². The third-order valence-electron chi connectivity index (χ3n) is 13.1. The van der Waals surface area contributed by atoms with Crippen LogP contribution in [0.5, 0.6) is 0 Å². The SMILES string of the molecule is CSCC[C@H](N)C(=O)O[C@@H]1CC[C@]2(C)C3CC[C@@]4(C)C(C[C@@H]5O[C@]6(CC[C@@H](C)CO6)[C@@H](C)[C@@H]54)C3CC[C@@H]2C1. The fourth-order valence-electron chi connectivity index (χ4n) is 11.0. The Labute approximate surface area is 235 Å². The van der Waals surface area contributed by atoms with Gasteiger partial charge >= 0.3 is 5.97 Å². The van der Waals surface area contributed by atoms with E-state index in [1.807, 2.05) is 0 Å². The molecule has 1 spiro atoms. The molecule has 2 heterocycles. The first-order valence-electron chi connectivity index (χ1n) is 15.9. The van der Waals surface area contributed by atoms with Crippen LogP contribution in [0.2, 0.25) is 0 Å². The Hall–Kier alpha value is -0.300. The number of rotatable bonds is 5. The second-order valence-corrected chi connectivity index (χ2v) is 15.9. The molecule has 216 valence electrons. The molecule has 0 radical (unpaired) electrons. The van der Waals surface area contributed by atoms with Crippen LogP contribution >= 0.6 is 11.8 Å². The summed E-state index contributed by atoms with van der Waals surface area (Å²) in [6.45, 7) is 10.8. The summed E-state index contributed by atoms with van der Waals surface area (Å²) in [5.41, 5.74) is 6.88. The van der Waals surface area contributed by atoms with Gasteiger partial charge in [0.05, 0.1) is 12.7 Å². The van der Waals surface area contributed by atoms with E-state index >= 15 is 0 Å². The van der Waals surface area contributed by atoms with E-state index in [1.54, 1.807) is 11.8 Å². The van der Waals surface area contributed by atoms with E-state index < -0.39 is 6.04 Å². The zero-order valence-corrected chi connectivity index (χ0v) is 25.4. The van der Waals surface area contributed by atoms with E-state index in [0.717, 1.165) is 49.4 Å². The second-order valence-electron chi connectivity index (χ2n) is 14.9. The smallest absolute Gasteiger partial charge is 0.323 e. The molecule has 4 aliphatic carbocycles. The van der Waals surface area contributed by atoms with Crippen LogP contribution in [0.4, 0.5) is 0 Å². The molecule has 0 aromatic carbocycles. The highest BCUT2D eigenvalue weighted by molar-refractivity contribution is 7.98. The van der Waals surface area contributed by atoms with Crippen LogP contribution in [0.1, 0.15) is 98.3 Å². The summed E-state index contributed by atoms with van der Waals surface area (Å²) >= 11 is 1.73. The van der Waals surface area contributed by atoms with Crippen molar-refractivity contribution in [2.45, 2.75) is 122 Å². The van der Waals surface area contributed by atoms with Crippen molar-refractivity contribution in [3.05, 3.63) is 0 Å². The first-order chi connectivity index (χ1) is 18.1. The van der Waals surface area contributed by atoms with Crippen molar-refractivity contribution in [3.8, 4) is 0 Å². The first-order valence-corrected chi connectivity index (χ1v) is 17.3. The number of esters is 1. The van der Waals surface area contributed by atoms with Gasteiger partial charge in [0.1, 0.15) is 12.1 Å². The molecule has 3 unspecified atom stereocenters. The Kier molecular flexibility index (Phi) is 7.48. The van der Waals surface area contributed by atoms with Crippen LogP contribution < -0.4 is 5.73 Å². The minimum atomic E-state index is -0.476. The average Bonchev–Trinajstić information content (AvgIpc) is 3.34. The van der Waals surface area contributed by atoms with Crippen LogP contribution in [0.3, 0.4) is 0 Å². The third kappa shape index (κ3) is 4.32. The van der Waals surface area contributed by atoms with Gasteiger partial charge in [0.2, 0.25) is 0 Å². The second kappa shape index (κ2) is 10.2. The van der Waals surface area contributed by atoms with Gasteiger partial charge in [0, 0.05) is 12.3 Å². The van der Waals surface area contributed by atoms with E-state index in [4.69, 9.17) is 19.9 Å². The highest BCUT2D eigenvalue weighted by atomic mass is 32.2. The molecule has 2 aliphatic heterocycles. The Morgan fingerprint density at radius 3 is 2.55 bits per heavy atom. The number of carbonyl (C=O) groups is 1. The fraction of sp³-hybridized carbons (Fsp3) is 0.969. The van der Waals surface area contributed by atoms with Crippen molar-refractivity contribution >= 4 is 17.7 Å². The molecule has 0 aromatic heterocycles. The van der Waals surface area contributed by atoms with E-state index in [2.05, 4.69) is 34.0 Å². The van der Waals surface area contributed by atoms with Crippen molar-refractivity contribution < 1.29 is 19.0 Å². The summed E-state index contributed by atoms with van der Waals surface area (Å²) in [5.74, 6) is 5.25. The van der Waals surface area contributed by atoms with Crippen LogP contribution in [-0.2, 0) is 19.0 Å². The monoisotopic (exact) mass is 547 g/mol. The van der Waals surface area contributed by atoms with Crippen LogP contribution in [-0.4, -0.2) is 48.6 Å². The van der Waals surface area contributed by atoms with Gasteiger partial charge in [-0.3, -0.25) is 4.79 Å². The van der Waals surface area contributed by atoms with E-state index in [1.165, 1.54) is 44.9 Å². The molecule has 6 aliphatic rings. The molecule has 0 aromatic rings. The number of fused-ring (bicyclic) bond motifs is 7. The van der Waals surface area contributed by atoms with Crippen molar-refractivity contribution in [2.24, 2.45) is 58.0 Å². The van der Waals surface area contributed by atoms with Crippen LogP contribution in [0.25, 0.3) is 0 Å². The number of carbonyl (C=O) groups excluding carboxylic acids is 1. The largest absolute Gasteiger partial charge is 0.461 e. The van der Waals surface area contributed by atoms with Crippen molar-refractivity contribution in [3.63, 3.8) is 0 Å². The Balaban J connectivity index is 1.12. The van der Waals surface area contributed by atoms with Gasteiger partial charge in [0.15, 0.2) is 5.79 Å². The molecule has 13 atom stereocenters. The van der Waals surface area contributed by atoms with Gasteiger partial charge in [0.25, 0.3) is 0 Å².